The van der Waals surface area contributed by atoms with Crippen molar-refractivity contribution < 1.29 is 4.79 Å². The number of nitrogens with one attached hydrogen (secondary N) is 1. The quantitative estimate of drug-likeness (QED) is 0.784. The van der Waals surface area contributed by atoms with E-state index in [9.17, 15) is 4.79 Å². The second-order valence-electron chi connectivity index (χ2n) is 4.87. The van der Waals surface area contributed by atoms with E-state index in [1.807, 2.05) is 65.4 Å². The molecule has 0 aliphatic rings. The average Bonchev–Trinajstić information content (AvgIpc) is 2.90. The van der Waals surface area contributed by atoms with Crippen LogP contribution in [0.3, 0.4) is 0 Å². The zero-order valence-electron chi connectivity index (χ0n) is 11.4. The summed E-state index contributed by atoms with van der Waals surface area (Å²) in [5, 5.41) is 4.70. The molecule has 2 aromatic carbocycles. The van der Waals surface area contributed by atoms with Gasteiger partial charge in [0, 0.05) is 23.3 Å². The van der Waals surface area contributed by atoms with E-state index in [4.69, 9.17) is 11.6 Å². The largest absolute Gasteiger partial charge is 0.350 e. The molecule has 0 aliphatic carbocycles. The molecular formula is C17H15ClN2O. The number of nitrogens with zero attached hydrogens (tertiary/aromatic N) is 1. The highest BCUT2D eigenvalue weighted by Crippen LogP contribution is 2.16. The van der Waals surface area contributed by atoms with Crippen LogP contribution < -0.4 is 5.32 Å². The van der Waals surface area contributed by atoms with Crippen molar-refractivity contribution in [3.8, 4) is 0 Å². The van der Waals surface area contributed by atoms with Gasteiger partial charge >= 0.3 is 0 Å². The number of hydrogen-bond donors (Lipinski definition) is 1. The molecule has 3 nitrogen and oxygen atoms in total. The van der Waals surface area contributed by atoms with Crippen molar-refractivity contribution >= 4 is 28.4 Å². The summed E-state index contributed by atoms with van der Waals surface area (Å²) < 4.78 is 1.94. The Balaban J connectivity index is 1.66. The molecule has 4 heteroatoms. The third kappa shape index (κ3) is 3.09. The standard InChI is InChI=1S/C17H15ClN2O/c18-15-7-3-1-6-14(15)11-19-17(21)12-20-10-9-13-5-2-4-8-16(13)20/h1-10H,11-12H2,(H,19,21). The summed E-state index contributed by atoms with van der Waals surface area (Å²) >= 11 is 6.07. The molecule has 0 radical (unpaired) electrons. The predicted octanol–water partition coefficient (Wildman–Crippen LogP) is 3.61. The zero-order chi connectivity index (χ0) is 14.7. The van der Waals surface area contributed by atoms with E-state index in [-0.39, 0.29) is 5.91 Å². The third-order valence-electron chi connectivity index (χ3n) is 3.43. The molecule has 0 atom stereocenters. The number of benzene rings is 2. The van der Waals surface area contributed by atoms with Crippen LogP contribution >= 0.6 is 11.6 Å². The lowest BCUT2D eigenvalue weighted by atomic mass is 10.2. The molecule has 0 spiro atoms. The van der Waals surface area contributed by atoms with Crippen LogP contribution in [0.1, 0.15) is 5.56 Å². The van der Waals surface area contributed by atoms with Crippen LogP contribution in [0.2, 0.25) is 5.02 Å². The van der Waals surface area contributed by atoms with Crippen molar-refractivity contribution in [1.82, 2.24) is 9.88 Å². The van der Waals surface area contributed by atoms with Gasteiger partial charge in [-0.3, -0.25) is 4.79 Å². The summed E-state index contributed by atoms with van der Waals surface area (Å²) in [7, 11) is 0. The van der Waals surface area contributed by atoms with Crippen LogP contribution in [-0.2, 0) is 17.9 Å². The van der Waals surface area contributed by atoms with Gasteiger partial charge in [-0.25, -0.2) is 0 Å². The maximum absolute atomic E-state index is 12.1. The van der Waals surface area contributed by atoms with Crippen LogP contribution in [0, 0.1) is 0 Å². The summed E-state index contributed by atoms with van der Waals surface area (Å²) in [6.45, 7) is 0.746. The van der Waals surface area contributed by atoms with E-state index < -0.39 is 0 Å². The fourth-order valence-electron chi connectivity index (χ4n) is 2.32. The number of rotatable bonds is 4. The number of fused-ring (bicyclic) bond motifs is 1. The first-order valence-corrected chi connectivity index (χ1v) is 7.16. The first-order valence-electron chi connectivity index (χ1n) is 6.78. The van der Waals surface area contributed by atoms with Gasteiger partial charge in [-0.1, -0.05) is 48.0 Å². The summed E-state index contributed by atoms with van der Waals surface area (Å²) in [5.41, 5.74) is 1.98. The van der Waals surface area contributed by atoms with Crippen LogP contribution in [0.15, 0.2) is 60.8 Å². The SMILES string of the molecule is O=C(Cn1ccc2ccccc21)NCc1ccccc1Cl. The summed E-state index contributed by atoms with van der Waals surface area (Å²) in [6.07, 6.45) is 1.93. The summed E-state index contributed by atoms with van der Waals surface area (Å²) in [6, 6.07) is 17.5. The van der Waals surface area contributed by atoms with Gasteiger partial charge in [-0.15, -0.1) is 0 Å². The van der Waals surface area contributed by atoms with Gasteiger partial charge in [-0.05, 0) is 29.1 Å². The Bertz CT molecular complexity index is 779. The van der Waals surface area contributed by atoms with Crippen LogP contribution in [0.4, 0.5) is 0 Å². The minimum absolute atomic E-state index is 0.0312. The normalized spacial score (nSPS) is 10.7. The molecule has 0 saturated carbocycles. The molecule has 1 heterocycles. The average molecular weight is 299 g/mol. The first kappa shape index (κ1) is 13.7. The van der Waals surface area contributed by atoms with Crippen molar-refractivity contribution in [3.05, 3.63) is 71.4 Å². The smallest absolute Gasteiger partial charge is 0.240 e. The highest BCUT2D eigenvalue weighted by Gasteiger charge is 2.06. The second-order valence-corrected chi connectivity index (χ2v) is 5.28. The second kappa shape index (κ2) is 6.02. The molecule has 0 fully saturated rings. The van der Waals surface area contributed by atoms with E-state index >= 15 is 0 Å². The monoisotopic (exact) mass is 298 g/mol. The Morgan fingerprint density at radius 2 is 1.81 bits per heavy atom. The molecule has 1 amide bonds. The lowest BCUT2D eigenvalue weighted by Gasteiger charge is -2.08. The number of carbonyl (C=O) groups excluding carboxylic acids is 1. The topological polar surface area (TPSA) is 34.0 Å². The van der Waals surface area contributed by atoms with Gasteiger partial charge in [0.25, 0.3) is 0 Å². The fourth-order valence-corrected chi connectivity index (χ4v) is 2.53. The van der Waals surface area contributed by atoms with Gasteiger partial charge in [0.05, 0.1) is 0 Å². The number of aromatic nitrogens is 1. The molecule has 0 aliphatic heterocycles. The van der Waals surface area contributed by atoms with Crippen molar-refractivity contribution in [3.63, 3.8) is 0 Å². The van der Waals surface area contributed by atoms with Crippen LogP contribution in [0.25, 0.3) is 10.9 Å². The Labute approximate surface area is 128 Å². The lowest BCUT2D eigenvalue weighted by molar-refractivity contribution is -0.121. The van der Waals surface area contributed by atoms with E-state index in [1.54, 1.807) is 0 Å². The molecule has 0 unspecified atom stereocenters. The molecule has 106 valence electrons. The molecule has 0 saturated heterocycles. The molecule has 21 heavy (non-hydrogen) atoms. The van der Waals surface area contributed by atoms with Crippen LogP contribution in [0.5, 0.6) is 0 Å². The Kier molecular flexibility index (Phi) is 3.93. The lowest BCUT2D eigenvalue weighted by Crippen LogP contribution is -2.26. The predicted molar refractivity (Wildman–Crippen MR) is 85.2 cm³/mol. The van der Waals surface area contributed by atoms with Gasteiger partial charge in [0.2, 0.25) is 5.91 Å². The highest BCUT2D eigenvalue weighted by molar-refractivity contribution is 6.31. The van der Waals surface area contributed by atoms with Gasteiger partial charge in [0.15, 0.2) is 0 Å². The first-order chi connectivity index (χ1) is 10.2. The number of hydrogen-bond acceptors (Lipinski definition) is 1. The van der Waals surface area contributed by atoms with Crippen molar-refractivity contribution in [2.45, 2.75) is 13.1 Å². The Morgan fingerprint density at radius 1 is 1.05 bits per heavy atom. The van der Waals surface area contributed by atoms with Crippen LogP contribution in [-0.4, -0.2) is 10.5 Å². The number of carbonyl (C=O) groups is 1. The summed E-state index contributed by atoms with van der Waals surface area (Å²) in [4.78, 5) is 12.1. The Hall–Kier alpha value is -2.26. The van der Waals surface area contributed by atoms with Crippen molar-refractivity contribution in [2.24, 2.45) is 0 Å². The maximum atomic E-state index is 12.1. The molecular weight excluding hydrogens is 284 g/mol. The molecule has 1 N–H and O–H groups in total. The molecule has 1 aromatic heterocycles. The maximum Gasteiger partial charge on any atom is 0.240 e. The molecule has 0 bridgehead atoms. The number of para-hydroxylation sites is 1. The number of halogens is 1. The summed E-state index contributed by atoms with van der Waals surface area (Å²) in [5.74, 6) is -0.0312. The minimum Gasteiger partial charge on any atom is -0.350 e. The molecule has 3 rings (SSSR count). The minimum atomic E-state index is -0.0312. The third-order valence-corrected chi connectivity index (χ3v) is 3.80. The van der Waals surface area contributed by atoms with E-state index in [2.05, 4.69) is 5.32 Å². The van der Waals surface area contributed by atoms with Gasteiger partial charge in [0.1, 0.15) is 6.54 Å². The molecule has 3 aromatic rings. The van der Waals surface area contributed by atoms with E-state index in [0.717, 1.165) is 16.5 Å². The fraction of sp³-hybridized carbons (Fsp3) is 0.118. The highest BCUT2D eigenvalue weighted by atomic mass is 35.5. The zero-order valence-corrected chi connectivity index (χ0v) is 12.2. The van der Waals surface area contributed by atoms with Gasteiger partial charge in [-0.2, -0.15) is 0 Å². The number of amides is 1. The van der Waals surface area contributed by atoms with Gasteiger partial charge < -0.3 is 9.88 Å². The Morgan fingerprint density at radius 3 is 2.67 bits per heavy atom. The van der Waals surface area contributed by atoms with Crippen molar-refractivity contribution in [2.75, 3.05) is 0 Å². The van der Waals surface area contributed by atoms with Crippen molar-refractivity contribution in [1.29, 1.82) is 0 Å². The van der Waals surface area contributed by atoms with E-state index in [0.29, 0.717) is 18.1 Å². The van der Waals surface area contributed by atoms with E-state index in [1.165, 1.54) is 0 Å².